The molecule has 6 heteroatoms. The summed E-state index contributed by atoms with van der Waals surface area (Å²) >= 11 is 0. The second-order valence-electron chi connectivity index (χ2n) is 21.2. The number of esters is 3. The summed E-state index contributed by atoms with van der Waals surface area (Å²) in [6.07, 6.45) is 55.2. The van der Waals surface area contributed by atoms with Crippen LogP contribution in [0.5, 0.6) is 0 Å². The van der Waals surface area contributed by atoms with Gasteiger partial charge in [-0.25, -0.2) is 0 Å². The standard InChI is InChI=1S/C59H114O6/c1-6-7-8-9-10-11-12-13-14-15-16-17-18-24-29-34-39-44-49-57(60)63-52-56(53-64-58(61)50-45-40-35-30-26-21-23-28-33-38-43-48-55(4)5)65-59(62)51-46-41-36-31-25-20-19-22-27-32-37-42-47-54(2)3/h54-56H,6-53H2,1-5H3/t56-/m1/s1. The van der Waals surface area contributed by atoms with Crippen molar-refractivity contribution < 1.29 is 28.6 Å². The van der Waals surface area contributed by atoms with E-state index < -0.39 is 6.10 Å². The quantitative estimate of drug-likeness (QED) is 0.0344. The number of rotatable bonds is 53. The Balaban J connectivity index is 4.29. The van der Waals surface area contributed by atoms with E-state index in [2.05, 4.69) is 34.6 Å². The molecule has 0 spiro atoms. The van der Waals surface area contributed by atoms with E-state index in [4.69, 9.17) is 14.2 Å². The molecule has 0 aromatic rings. The highest BCUT2D eigenvalue weighted by Crippen LogP contribution is 2.18. The zero-order valence-corrected chi connectivity index (χ0v) is 44.6. The average Bonchev–Trinajstić information content (AvgIpc) is 3.28. The van der Waals surface area contributed by atoms with E-state index in [0.717, 1.165) is 69.6 Å². The van der Waals surface area contributed by atoms with Crippen molar-refractivity contribution in [3.8, 4) is 0 Å². The summed E-state index contributed by atoms with van der Waals surface area (Å²) in [5.74, 6) is 0.820. The monoisotopic (exact) mass is 919 g/mol. The first-order chi connectivity index (χ1) is 31.7. The topological polar surface area (TPSA) is 78.9 Å². The molecule has 0 aromatic heterocycles. The molecule has 0 fully saturated rings. The van der Waals surface area contributed by atoms with Crippen LogP contribution in [0.2, 0.25) is 0 Å². The van der Waals surface area contributed by atoms with Crippen LogP contribution in [0.3, 0.4) is 0 Å². The number of hydrogen-bond acceptors (Lipinski definition) is 6. The molecule has 0 bridgehead atoms. The third-order valence-electron chi connectivity index (χ3n) is 13.5. The molecular weight excluding hydrogens is 805 g/mol. The molecule has 0 N–H and O–H groups in total. The fourth-order valence-electron chi connectivity index (χ4n) is 9.05. The molecule has 0 radical (unpaired) electrons. The maximum atomic E-state index is 12.8. The maximum Gasteiger partial charge on any atom is 0.306 e. The van der Waals surface area contributed by atoms with E-state index in [-0.39, 0.29) is 31.1 Å². The van der Waals surface area contributed by atoms with Crippen molar-refractivity contribution in [1.82, 2.24) is 0 Å². The highest BCUT2D eigenvalue weighted by atomic mass is 16.6. The highest BCUT2D eigenvalue weighted by Gasteiger charge is 2.19. The highest BCUT2D eigenvalue weighted by molar-refractivity contribution is 5.71. The van der Waals surface area contributed by atoms with Crippen molar-refractivity contribution in [1.29, 1.82) is 0 Å². The van der Waals surface area contributed by atoms with Gasteiger partial charge in [-0.1, -0.05) is 291 Å². The molecule has 0 heterocycles. The van der Waals surface area contributed by atoms with Gasteiger partial charge in [-0.15, -0.1) is 0 Å². The minimum absolute atomic E-state index is 0.0627. The zero-order chi connectivity index (χ0) is 47.5. The Morgan fingerprint density at radius 1 is 0.292 bits per heavy atom. The maximum absolute atomic E-state index is 12.8. The van der Waals surface area contributed by atoms with Gasteiger partial charge in [0.05, 0.1) is 0 Å². The van der Waals surface area contributed by atoms with Gasteiger partial charge in [0, 0.05) is 19.3 Å². The molecule has 0 saturated heterocycles. The van der Waals surface area contributed by atoms with Crippen LogP contribution in [0.1, 0.15) is 330 Å². The summed E-state index contributed by atoms with van der Waals surface area (Å²) in [7, 11) is 0. The van der Waals surface area contributed by atoms with Crippen molar-refractivity contribution in [2.24, 2.45) is 11.8 Å². The third kappa shape index (κ3) is 53.2. The van der Waals surface area contributed by atoms with Crippen molar-refractivity contribution in [2.45, 2.75) is 336 Å². The van der Waals surface area contributed by atoms with Gasteiger partial charge in [0.25, 0.3) is 0 Å². The lowest BCUT2D eigenvalue weighted by molar-refractivity contribution is -0.167. The molecule has 1 atom stereocenters. The molecule has 0 aliphatic heterocycles. The van der Waals surface area contributed by atoms with E-state index in [1.165, 1.54) is 218 Å². The minimum atomic E-state index is -0.763. The normalized spacial score (nSPS) is 12.0. The fourth-order valence-corrected chi connectivity index (χ4v) is 9.05. The van der Waals surface area contributed by atoms with Crippen molar-refractivity contribution in [2.75, 3.05) is 13.2 Å². The number of carbonyl (C=O) groups is 3. The summed E-state index contributed by atoms with van der Waals surface area (Å²) in [4.78, 5) is 38.1. The van der Waals surface area contributed by atoms with Gasteiger partial charge in [-0.05, 0) is 31.1 Å². The molecule has 0 rings (SSSR count). The molecule has 0 aliphatic rings. The first-order valence-corrected chi connectivity index (χ1v) is 29.2. The van der Waals surface area contributed by atoms with E-state index in [0.29, 0.717) is 19.3 Å². The van der Waals surface area contributed by atoms with Crippen LogP contribution in [-0.4, -0.2) is 37.2 Å². The van der Waals surface area contributed by atoms with E-state index in [1.54, 1.807) is 0 Å². The van der Waals surface area contributed by atoms with Crippen LogP contribution in [0.4, 0.5) is 0 Å². The predicted molar refractivity (Wildman–Crippen MR) is 280 cm³/mol. The van der Waals surface area contributed by atoms with Gasteiger partial charge in [0.15, 0.2) is 6.10 Å². The first-order valence-electron chi connectivity index (χ1n) is 29.2. The van der Waals surface area contributed by atoms with E-state index in [9.17, 15) is 14.4 Å². The lowest BCUT2D eigenvalue weighted by Crippen LogP contribution is -2.30. The Kier molecular flexibility index (Phi) is 50.5. The Labute approximate surface area is 406 Å². The van der Waals surface area contributed by atoms with Crippen molar-refractivity contribution >= 4 is 17.9 Å². The van der Waals surface area contributed by atoms with Gasteiger partial charge < -0.3 is 14.2 Å². The second kappa shape index (κ2) is 51.8. The minimum Gasteiger partial charge on any atom is -0.462 e. The molecule has 0 unspecified atom stereocenters. The van der Waals surface area contributed by atoms with Crippen LogP contribution >= 0.6 is 0 Å². The van der Waals surface area contributed by atoms with E-state index in [1.807, 2.05) is 0 Å². The Hall–Kier alpha value is -1.59. The fraction of sp³-hybridized carbons (Fsp3) is 0.949. The van der Waals surface area contributed by atoms with Gasteiger partial charge >= 0.3 is 17.9 Å². The Morgan fingerprint density at radius 2 is 0.508 bits per heavy atom. The van der Waals surface area contributed by atoms with Crippen LogP contribution in [0.25, 0.3) is 0 Å². The van der Waals surface area contributed by atoms with Gasteiger partial charge in [0.1, 0.15) is 13.2 Å². The first kappa shape index (κ1) is 63.4. The molecule has 0 saturated carbocycles. The summed E-state index contributed by atoms with van der Waals surface area (Å²) < 4.78 is 16.9. The van der Waals surface area contributed by atoms with Crippen molar-refractivity contribution in [3.05, 3.63) is 0 Å². The molecule has 386 valence electrons. The lowest BCUT2D eigenvalue weighted by Gasteiger charge is -2.18. The molecule has 65 heavy (non-hydrogen) atoms. The van der Waals surface area contributed by atoms with Crippen LogP contribution < -0.4 is 0 Å². The number of unbranched alkanes of at least 4 members (excludes halogenated alkanes) is 38. The number of hydrogen-bond donors (Lipinski definition) is 0. The number of carbonyl (C=O) groups excluding carboxylic acids is 3. The molecule has 6 nitrogen and oxygen atoms in total. The van der Waals surface area contributed by atoms with Gasteiger partial charge in [-0.3, -0.25) is 14.4 Å². The summed E-state index contributed by atoms with van der Waals surface area (Å²) in [5.41, 5.74) is 0. The smallest absolute Gasteiger partial charge is 0.306 e. The van der Waals surface area contributed by atoms with Crippen LogP contribution in [-0.2, 0) is 28.6 Å². The molecule has 0 aromatic carbocycles. The zero-order valence-electron chi connectivity index (χ0n) is 44.6. The van der Waals surface area contributed by atoms with Gasteiger partial charge in [0.2, 0.25) is 0 Å². The second-order valence-corrected chi connectivity index (χ2v) is 21.2. The third-order valence-corrected chi connectivity index (χ3v) is 13.5. The molecular formula is C59H114O6. The lowest BCUT2D eigenvalue weighted by atomic mass is 10.0. The molecule has 0 aliphatic carbocycles. The Bertz CT molecular complexity index is 993. The summed E-state index contributed by atoms with van der Waals surface area (Å²) in [6, 6.07) is 0. The largest absolute Gasteiger partial charge is 0.462 e. The Morgan fingerprint density at radius 3 is 0.754 bits per heavy atom. The van der Waals surface area contributed by atoms with Crippen molar-refractivity contribution in [3.63, 3.8) is 0 Å². The number of ether oxygens (including phenoxy) is 3. The summed E-state index contributed by atoms with van der Waals surface area (Å²) in [6.45, 7) is 11.4. The summed E-state index contributed by atoms with van der Waals surface area (Å²) in [5, 5.41) is 0. The predicted octanol–water partition coefficient (Wildman–Crippen LogP) is 19.3. The van der Waals surface area contributed by atoms with Gasteiger partial charge in [-0.2, -0.15) is 0 Å². The van der Waals surface area contributed by atoms with Crippen LogP contribution in [0, 0.1) is 11.8 Å². The SMILES string of the molecule is CCCCCCCCCCCCCCCCCCCCC(=O)OC[C@H](COC(=O)CCCCCCCCCCCCCC(C)C)OC(=O)CCCCCCCCCCCCCCC(C)C. The molecule has 0 amide bonds. The van der Waals surface area contributed by atoms with E-state index >= 15 is 0 Å². The average molecular weight is 920 g/mol. The van der Waals surface area contributed by atoms with Crippen LogP contribution in [0.15, 0.2) is 0 Å².